The average Bonchev–Trinajstić information content (AvgIpc) is 2.46. The molecule has 0 unspecified atom stereocenters. The van der Waals surface area contributed by atoms with Gasteiger partial charge in [-0.15, -0.1) is 0 Å². The van der Waals surface area contributed by atoms with Crippen molar-refractivity contribution in [3.8, 4) is 0 Å². The Morgan fingerprint density at radius 1 is 0.762 bits per heavy atom. The second-order valence-corrected chi connectivity index (χ2v) is 7.20. The van der Waals surface area contributed by atoms with Crippen LogP contribution in [0.4, 0.5) is 0 Å². The summed E-state index contributed by atoms with van der Waals surface area (Å²) in [5.74, 6) is 0. The Labute approximate surface area is 127 Å². The first-order valence-corrected chi connectivity index (χ1v) is 8.83. The molecule has 0 aliphatic heterocycles. The lowest BCUT2D eigenvalue weighted by atomic mass is 10.1. The molecule has 0 radical (unpaired) electrons. The molecule has 0 atom stereocenters. The minimum atomic E-state index is -3.47. The van der Waals surface area contributed by atoms with Crippen LogP contribution < -0.4 is 0 Å². The number of aryl methyl sites for hydroxylation is 2. The van der Waals surface area contributed by atoms with Crippen molar-refractivity contribution in [2.24, 2.45) is 0 Å². The maximum Gasteiger partial charge on any atom is 0.207 e. The molecule has 0 aliphatic carbocycles. The number of hydrogen-bond acceptors (Lipinski definition) is 2. The van der Waals surface area contributed by atoms with Crippen molar-refractivity contribution < 1.29 is 8.42 Å². The lowest BCUT2D eigenvalue weighted by Crippen LogP contribution is -2.10. The molecule has 0 bridgehead atoms. The highest BCUT2D eigenvalue weighted by atomic mass is 32.2. The zero-order valence-corrected chi connectivity index (χ0v) is 13.9. The van der Waals surface area contributed by atoms with Crippen molar-refractivity contribution in [1.82, 2.24) is 0 Å². The normalized spacial score (nSPS) is 11.6. The van der Waals surface area contributed by atoms with E-state index >= 15 is 0 Å². The molecule has 0 aliphatic rings. The van der Waals surface area contributed by atoms with Crippen molar-refractivity contribution in [2.75, 3.05) is 0 Å². The number of benzene rings is 2. The van der Waals surface area contributed by atoms with E-state index in [1.54, 1.807) is 12.1 Å². The summed E-state index contributed by atoms with van der Waals surface area (Å²) in [5.41, 5.74) is 3.90. The SMILES string of the molecule is CCc1c(C)cccc1S(=O)(=O)c1cccc(C)c1CC. The van der Waals surface area contributed by atoms with E-state index in [4.69, 9.17) is 0 Å². The van der Waals surface area contributed by atoms with Crippen molar-refractivity contribution in [1.29, 1.82) is 0 Å². The molecular formula is C18H22O2S. The van der Waals surface area contributed by atoms with E-state index in [2.05, 4.69) is 0 Å². The van der Waals surface area contributed by atoms with E-state index in [1.807, 2.05) is 52.0 Å². The third kappa shape index (κ3) is 2.75. The van der Waals surface area contributed by atoms with Crippen LogP contribution >= 0.6 is 0 Å². The summed E-state index contributed by atoms with van der Waals surface area (Å²) in [6.45, 7) is 7.93. The topological polar surface area (TPSA) is 34.1 Å². The van der Waals surface area contributed by atoms with Crippen LogP contribution in [0.25, 0.3) is 0 Å². The summed E-state index contributed by atoms with van der Waals surface area (Å²) in [6.07, 6.45) is 1.43. The molecule has 0 saturated carbocycles. The Morgan fingerprint density at radius 2 is 1.14 bits per heavy atom. The number of rotatable bonds is 4. The van der Waals surface area contributed by atoms with Crippen LogP contribution in [0.3, 0.4) is 0 Å². The average molecular weight is 302 g/mol. The summed E-state index contributed by atoms with van der Waals surface area (Å²) in [7, 11) is -3.47. The first-order valence-electron chi connectivity index (χ1n) is 7.35. The van der Waals surface area contributed by atoms with Gasteiger partial charge in [-0.2, -0.15) is 0 Å². The molecule has 0 fully saturated rings. The Balaban J connectivity index is 2.75. The van der Waals surface area contributed by atoms with E-state index in [0.29, 0.717) is 22.6 Å². The van der Waals surface area contributed by atoms with Gasteiger partial charge < -0.3 is 0 Å². The fraction of sp³-hybridized carbons (Fsp3) is 0.333. The molecule has 3 heteroatoms. The van der Waals surface area contributed by atoms with E-state index < -0.39 is 9.84 Å². The van der Waals surface area contributed by atoms with Gasteiger partial charge in [0.2, 0.25) is 9.84 Å². The lowest BCUT2D eigenvalue weighted by molar-refractivity contribution is 0.593. The van der Waals surface area contributed by atoms with Gasteiger partial charge in [-0.1, -0.05) is 38.1 Å². The van der Waals surface area contributed by atoms with Crippen LogP contribution in [0, 0.1) is 13.8 Å². The van der Waals surface area contributed by atoms with E-state index in [0.717, 1.165) is 22.3 Å². The highest BCUT2D eigenvalue weighted by Crippen LogP contribution is 2.30. The fourth-order valence-electron chi connectivity index (χ4n) is 2.88. The standard InChI is InChI=1S/C18H22O2S/c1-5-15-13(3)9-7-11-17(15)21(19,20)18-12-8-10-14(4)16(18)6-2/h7-12H,5-6H2,1-4H3. The van der Waals surface area contributed by atoms with E-state index in [1.165, 1.54) is 0 Å². The third-order valence-corrected chi connectivity index (χ3v) is 5.94. The summed E-state index contributed by atoms with van der Waals surface area (Å²) >= 11 is 0. The minimum absolute atomic E-state index is 0.449. The van der Waals surface area contributed by atoms with Gasteiger partial charge in [0.1, 0.15) is 0 Å². The molecule has 112 valence electrons. The minimum Gasteiger partial charge on any atom is -0.218 e. The van der Waals surface area contributed by atoms with Crippen molar-refractivity contribution in [3.05, 3.63) is 58.7 Å². The second kappa shape index (κ2) is 6.02. The van der Waals surface area contributed by atoms with Crippen LogP contribution in [0.1, 0.15) is 36.1 Å². The van der Waals surface area contributed by atoms with E-state index in [-0.39, 0.29) is 0 Å². The highest BCUT2D eigenvalue weighted by molar-refractivity contribution is 7.91. The predicted molar refractivity (Wildman–Crippen MR) is 86.6 cm³/mol. The van der Waals surface area contributed by atoms with Crippen molar-refractivity contribution >= 4 is 9.84 Å². The summed E-state index contributed by atoms with van der Waals surface area (Å²) in [6, 6.07) is 11.0. The van der Waals surface area contributed by atoms with Crippen LogP contribution in [-0.2, 0) is 22.7 Å². The molecule has 0 aromatic heterocycles. The molecule has 0 amide bonds. The zero-order chi connectivity index (χ0) is 15.6. The summed E-state index contributed by atoms with van der Waals surface area (Å²) in [5, 5.41) is 0. The molecule has 21 heavy (non-hydrogen) atoms. The van der Waals surface area contributed by atoms with E-state index in [9.17, 15) is 8.42 Å². The van der Waals surface area contributed by atoms with Crippen LogP contribution in [0.15, 0.2) is 46.2 Å². The van der Waals surface area contributed by atoms with Gasteiger partial charge in [0.15, 0.2) is 0 Å². The van der Waals surface area contributed by atoms with Crippen LogP contribution in [-0.4, -0.2) is 8.42 Å². The van der Waals surface area contributed by atoms with Gasteiger partial charge >= 0.3 is 0 Å². The fourth-order valence-corrected chi connectivity index (χ4v) is 4.89. The predicted octanol–water partition coefficient (Wildman–Crippen LogP) is 4.26. The molecule has 0 heterocycles. The monoisotopic (exact) mass is 302 g/mol. The van der Waals surface area contributed by atoms with Crippen molar-refractivity contribution in [3.63, 3.8) is 0 Å². The zero-order valence-electron chi connectivity index (χ0n) is 13.1. The molecule has 2 aromatic carbocycles. The van der Waals surface area contributed by atoms with Gasteiger partial charge in [0.25, 0.3) is 0 Å². The number of hydrogen-bond donors (Lipinski definition) is 0. The molecule has 0 N–H and O–H groups in total. The van der Waals surface area contributed by atoms with Crippen LogP contribution in [0.5, 0.6) is 0 Å². The number of sulfone groups is 1. The van der Waals surface area contributed by atoms with Gasteiger partial charge in [-0.3, -0.25) is 0 Å². The Bertz CT molecular complexity index is 699. The molecule has 2 aromatic rings. The molecule has 0 spiro atoms. The molecule has 2 rings (SSSR count). The van der Waals surface area contributed by atoms with Gasteiger partial charge in [-0.25, -0.2) is 8.42 Å². The Kier molecular flexibility index (Phi) is 4.52. The first-order chi connectivity index (χ1) is 9.93. The molecule has 2 nitrogen and oxygen atoms in total. The molecular weight excluding hydrogens is 280 g/mol. The van der Waals surface area contributed by atoms with Gasteiger partial charge in [0, 0.05) is 0 Å². The lowest BCUT2D eigenvalue weighted by Gasteiger charge is -2.15. The van der Waals surface area contributed by atoms with Gasteiger partial charge in [0.05, 0.1) is 9.79 Å². The summed E-state index contributed by atoms with van der Waals surface area (Å²) < 4.78 is 26.2. The second-order valence-electron chi connectivity index (χ2n) is 5.31. The largest absolute Gasteiger partial charge is 0.218 e. The Morgan fingerprint density at radius 3 is 1.48 bits per heavy atom. The first kappa shape index (κ1) is 15.8. The summed E-state index contributed by atoms with van der Waals surface area (Å²) in [4.78, 5) is 0.899. The third-order valence-electron chi connectivity index (χ3n) is 4.02. The van der Waals surface area contributed by atoms with Gasteiger partial charge in [-0.05, 0) is 61.1 Å². The molecule has 0 saturated heterocycles. The van der Waals surface area contributed by atoms with Crippen LogP contribution in [0.2, 0.25) is 0 Å². The smallest absolute Gasteiger partial charge is 0.207 e. The van der Waals surface area contributed by atoms with Crippen molar-refractivity contribution in [2.45, 2.75) is 50.3 Å². The highest BCUT2D eigenvalue weighted by Gasteiger charge is 2.24. The maximum atomic E-state index is 13.1. The quantitative estimate of drug-likeness (QED) is 0.845. The Hall–Kier alpha value is -1.61. The maximum absolute atomic E-state index is 13.1.